The van der Waals surface area contributed by atoms with Crippen molar-refractivity contribution in [2.45, 2.75) is 48.8 Å². The van der Waals surface area contributed by atoms with Crippen molar-refractivity contribution in [1.82, 2.24) is 0 Å². The summed E-state index contributed by atoms with van der Waals surface area (Å²) in [4.78, 5) is 22.6. The second-order valence-corrected chi connectivity index (χ2v) is 15.9. The quantitative estimate of drug-likeness (QED) is 0.112. The third-order valence-electron chi connectivity index (χ3n) is 3.98. The summed E-state index contributed by atoms with van der Waals surface area (Å²) in [5, 5.41) is 75.8. The van der Waals surface area contributed by atoms with Crippen LogP contribution in [0.2, 0.25) is 0 Å². The Morgan fingerprint density at radius 2 is 1.40 bits per heavy atom. The molecule has 174 valence electrons. The first-order chi connectivity index (χ1) is 13.9. The van der Waals surface area contributed by atoms with Crippen molar-refractivity contribution in [3.63, 3.8) is 0 Å². The molecule has 2 saturated heterocycles. The Kier molecular flexibility index (Phi) is 9.34. The van der Waals surface area contributed by atoms with Crippen LogP contribution >= 0.6 is 0 Å². The average Bonchev–Trinajstić information content (AvgIpc) is 2.69. The van der Waals surface area contributed by atoms with Gasteiger partial charge in [-0.25, -0.2) is 0 Å². The Morgan fingerprint density at radius 3 is 1.90 bits per heavy atom. The first-order valence-corrected chi connectivity index (χ1v) is 15.4. The van der Waals surface area contributed by atoms with Crippen molar-refractivity contribution in [3.8, 4) is 0 Å². The summed E-state index contributed by atoms with van der Waals surface area (Å²) in [6.07, 6.45) is -15.5. The second-order valence-electron chi connectivity index (χ2n) is 6.10. The van der Waals surface area contributed by atoms with Crippen LogP contribution in [0.4, 0.5) is 0 Å². The van der Waals surface area contributed by atoms with Crippen LogP contribution in [0.3, 0.4) is 0 Å². The standard InChI is InChI=1S/2C6H10O7.2O.2Sb/c2*7-1-2(8)3(9)4(10)5(11)6(12)13;;;;/h2*2-5,7-8,10H,1H2,(H,12,13);;;;/q2*-2;;;2*+2/t2*2-,3-,4+,5-;;;;/m11..../s1. The molecule has 0 radical (unpaired) electrons. The van der Waals surface area contributed by atoms with Gasteiger partial charge < -0.3 is 0 Å². The molecule has 18 heteroatoms. The van der Waals surface area contributed by atoms with Gasteiger partial charge in [0.05, 0.1) is 0 Å². The molecule has 0 aromatic carbocycles. The first-order valence-electron chi connectivity index (χ1n) is 8.14. The van der Waals surface area contributed by atoms with E-state index in [4.69, 9.17) is 33.8 Å². The van der Waals surface area contributed by atoms with Crippen LogP contribution in [0.5, 0.6) is 0 Å². The van der Waals surface area contributed by atoms with Gasteiger partial charge in [0.2, 0.25) is 0 Å². The first kappa shape index (κ1) is 26.2. The number of aliphatic hydroxyl groups is 6. The molecule has 0 spiro atoms. The van der Waals surface area contributed by atoms with Gasteiger partial charge >= 0.3 is 182 Å². The summed E-state index contributed by atoms with van der Waals surface area (Å²) >= 11 is -10.5. The van der Waals surface area contributed by atoms with Crippen molar-refractivity contribution in [2.24, 2.45) is 0 Å². The Hall–Kier alpha value is -0.0636. The van der Waals surface area contributed by atoms with E-state index in [0.29, 0.717) is 0 Å². The van der Waals surface area contributed by atoms with Gasteiger partial charge in [0, 0.05) is 0 Å². The monoisotopic (exact) mass is 662 g/mol. The normalized spacial score (nSPS) is 39.9. The number of carboxylic acids is 2. The fourth-order valence-electron chi connectivity index (χ4n) is 2.47. The molecule has 9 atom stereocenters. The predicted octanol–water partition coefficient (Wildman–Crippen LogP) is -5.98. The molecule has 2 aliphatic rings. The molecule has 2 rings (SSSR count). The van der Waals surface area contributed by atoms with E-state index in [0.717, 1.165) is 0 Å². The molecule has 0 amide bonds. The number of rotatable bonds is 8. The van der Waals surface area contributed by atoms with Crippen molar-refractivity contribution >= 4 is 53.5 Å². The molecule has 2 aliphatic heterocycles. The molecular formula is C12H20O16Sb2. The van der Waals surface area contributed by atoms with Gasteiger partial charge in [-0.2, -0.15) is 0 Å². The van der Waals surface area contributed by atoms with E-state index in [1.807, 2.05) is 0 Å². The third-order valence-corrected chi connectivity index (χ3v) is 16.5. The van der Waals surface area contributed by atoms with Crippen molar-refractivity contribution in [2.75, 3.05) is 13.2 Å². The van der Waals surface area contributed by atoms with Crippen molar-refractivity contribution in [3.05, 3.63) is 0 Å². The van der Waals surface area contributed by atoms with E-state index in [9.17, 15) is 33.0 Å². The fourth-order valence-corrected chi connectivity index (χ4v) is 15.2. The van der Waals surface area contributed by atoms with E-state index in [1.165, 1.54) is 0 Å². The zero-order chi connectivity index (χ0) is 22.8. The molecule has 0 bridgehead atoms. The van der Waals surface area contributed by atoms with E-state index < -0.39 is 116 Å². The van der Waals surface area contributed by atoms with Gasteiger partial charge in [-0.15, -0.1) is 0 Å². The zero-order valence-corrected chi connectivity index (χ0v) is 19.9. The SMILES string of the molecule is O=C(O)[C@@H]1[O][Sb]([O][Sb]2(=[O])[O][C@H]([C@H](O)CO)[C@H](O)[C@H](C(=O)O)[O]2)[O][C@H]([C@H](O)CO)[C@@H]1O. The molecule has 2 heterocycles. The summed E-state index contributed by atoms with van der Waals surface area (Å²) in [7, 11) is 0. The van der Waals surface area contributed by atoms with E-state index in [-0.39, 0.29) is 0 Å². The second kappa shape index (κ2) is 10.7. The van der Waals surface area contributed by atoms with Crippen LogP contribution in [0, 0.1) is 0 Å². The zero-order valence-electron chi connectivity index (χ0n) is 14.8. The number of aliphatic carboxylic acids is 2. The van der Waals surface area contributed by atoms with Crippen LogP contribution in [0.1, 0.15) is 0 Å². The molecule has 8 N–H and O–H groups in total. The molecule has 16 nitrogen and oxygen atoms in total. The van der Waals surface area contributed by atoms with Crippen LogP contribution in [0.25, 0.3) is 0 Å². The Labute approximate surface area is 181 Å². The molecule has 2 fully saturated rings. The summed E-state index contributed by atoms with van der Waals surface area (Å²) < 4.78 is 37.7. The number of aliphatic hydroxyl groups excluding tert-OH is 6. The fraction of sp³-hybridized carbons (Fsp3) is 0.833. The maximum absolute atomic E-state index is 12.9. The Morgan fingerprint density at radius 1 is 0.900 bits per heavy atom. The predicted molar refractivity (Wildman–Crippen MR) is 86.2 cm³/mol. The van der Waals surface area contributed by atoms with E-state index in [1.54, 1.807) is 0 Å². The number of carboxylic acid groups (broad SMARTS) is 2. The van der Waals surface area contributed by atoms with Crippen LogP contribution in [-0.2, 0) is 26.0 Å². The molecule has 0 aliphatic carbocycles. The summed E-state index contributed by atoms with van der Waals surface area (Å²) in [6, 6.07) is 0. The van der Waals surface area contributed by atoms with Crippen molar-refractivity contribution < 1.29 is 66.8 Å². The van der Waals surface area contributed by atoms with Gasteiger partial charge in [-0.1, -0.05) is 0 Å². The average molecular weight is 664 g/mol. The van der Waals surface area contributed by atoms with E-state index in [2.05, 4.69) is 0 Å². The number of hydrogen-bond acceptors (Lipinski definition) is 14. The number of carbonyl (C=O) groups is 2. The molecule has 0 aromatic heterocycles. The molecule has 1 unspecified atom stereocenters. The molecular weight excluding hydrogens is 644 g/mol. The minimum atomic E-state index is -6.11. The topological polar surface area (TPSA) is 259 Å². The van der Waals surface area contributed by atoms with Gasteiger partial charge in [0.15, 0.2) is 0 Å². The van der Waals surface area contributed by atoms with Gasteiger partial charge in [0.25, 0.3) is 0 Å². The van der Waals surface area contributed by atoms with Crippen molar-refractivity contribution in [1.29, 1.82) is 0 Å². The van der Waals surface area contributed by atoms with Gasteiger partial charge in [-0.3, -0.25) is 0 Å². The summed E-state index contributed by atoms with van der Waals surface area (Å²) in [5.41, 5.74) is 0. The molecule has 0 saturated carbocycles. The number of hydrogen-bond donors (Lipinski definition) is 8. The van der Waals surface area contributed by atoms with Crippen LogP contribution < -0.4 is 0 Å². The molecule has 30 heavy (non-hydrogen) atoms. The summed E-state index contributed by atoms with van der Waals surface area (Å²) in [6.45, 7) is -1.96. The maximum atomic E-state index is 12.9. The third kappa shape index (κ3) is 5.84. The van der Waals surface area contributed by atoms with E-state index >= 15 is 0 Å². The minimum absolute atomic E-state index is 0.946. The Bertz CT molecular complexity index is 675. The molecule has 0 aromatic rings. The van der Waals surface area contributed by atoms with Crippen LogP contribution in [0.15, 0.2) is 0 Å². The Balaban J connectivity index is 2.27. The summed E-state index contributed by atoms with van der Waals surface area (Å²) in [5.74, 6) is -3.51. The van der Waals surface area contributed by atoms with Crippen LogP contribution in [-0.4, -0.2) is 156 Å². The van der Waals surface area contributed by atoms with Gasteiger partial charge in [0.1, 0.15) is 0 Å². The van der Waals surface area contributed by atoms with Gasteiger partial charge in [-0.05, 0) is 0 Å².